The zero-order valence-corrected chi connectivity index (χ0v) is 15.6. The highest BCUT2D eigenvalue weighted by atomic mass is 79.9. The number of nitrogen functional groups attached to an aromatic ring is 1. The molecule has 0 radical (unpaired) electrons. The molecule has 0 spiro atoms. The average Bonchev–Trinajstić information content (AvgIpc) is 2.61. The normalized spacial score (nSPS) is 9.46. The quantitative estimate of drug-likeness (QED) is 0.332. The van der Waals surface area contributed by atoms with E-state index >= 15 is 0 Å². The van der Waals surface area contributed by atoms with Crippen molar-refractivity contribution in [3.05, 3.63) is 71.1 Å². The first-order valence-electron chi connectivity index (χ1n) is 7.62. The van der Waals surface area contributed by atoms with Gasteiger partial charge in [0.2, 0.25) is 0 Å². The number of aliphatic carboxylic acids is 1. The highest BCUT2D eigenvalue weighted by Gasteiger charge is 2.04. The summed E-state index contributed by atoms with van der Waals surface area (Å²) < 4.78 is 1.01. The summed E-state index contributed by atoms with van der Waals surface area (Å²) in [6.45, 7) is 1.71. The van der Waals surface area contributed by atoms with Crippen molar-refractivity contribution in [1.29, 1.82) is 0 Å². The van der Waals surface area contributed by atoms with Gasteiger partial charge < -0.3 is 16.2 Å². The summed E-state index contributed by atoms with van der Waals surface area (Å²) in [7, 11) is 0. The van der Waals surface area contributed by atoms with E-state index in [2.05, 4.69) is 36.9 Å². The van der Waals surface area contributed by atoms with Crippen LogP contribution in [0.4, 0.5) is 17.2 Å². The molecule has 0 unspecified atom stereocenters. The first kappa shape index (κ1) is 19.2. The minimum atomic E-state index is -0.960. The Bertz CT molecular complexity index is 982. The minimum Gasteiger partial charge on any atom is -0.478 e. The van der Waals surface area contributed by atoms with E-state index in [9.17, 15) is 4.79 Å². The molecule has 26 heavy (non-hydrogen) atoms. The molecule has 0 aliphatic carbocycles. The molecule has 2 aromatic carbocycles. The van der Waals surface area contributed by atoms with Crippen LogP contribution in [0.25, 0.3) is 10.9 Å². The van der Waals surface area contributed by atoms with E-state index in [1.54, 1.807) is 13.3 Å². The Balaban J connectivity index is 0.000000298. The van der Waals surface area contributed by atoms with Crippen molar-refractivity contribution in [3.63, 3.8) is 0 Å². The SMILES string of the molecule is CC=C=CC(=O)O.Nc1ccc2ncnc(Nc3cccc(Br)c3)c2c1. The predicted octanol–water partition coefficient (Wildman–Crippen LogP) is 4.52. The largest absolute Gasteiger partial charge is 0.478 e. The Morgan fingerprint density at radius 3 is 2.73 bits per heavy atom. The van der Waals surface area contributed by atoms with E-state index in [0.29, 0.717) is 5.69 Å². The second-order valence-corrected chi connectivity index (χ2v) is 5.99. The summed E-state index contributed by atoms with van der Waals surface area (Å²) in [6.07, 6.45) is 4.03. The number of hydrogen-bond donors (Lipinski definition) is 3. The summed E-state index contributed by atoms with van der Waals surface area (Å²) in [6, 6.07) is 13.5. The number of nitrogens with one attached hydrogen (secondary N) is 1. The summed E-state index contributed by atoms with van der Waals surface area (Å²) in [5, 5.41) is 12.1. The number of rotatable bonds is 3. The maximum atomic E-state index is 9.62. The average molecular weight is 413 g/mol. The molecule has 3 aromatic rings. The van der Waals surface area contributed by atoms with Gasteiger partial charge in [-0.05, 0) is 49.4 Å². The van der Waals surface area contributed by atoms with Crippen molar-refractivity contribution in [2.45, 2.75) is 6.92 Å². The van der Waals surface area contributed by atoms with Crippen LogP contribution in [-0.2, 0) is 4.79 Å². The van der Waals surface area contributed by atoms with Gasteiger partial charge in [-0.25, -0.2) is 14.8 Å². The molecule has 7 heteroatoms. The number of nitrogens with two attached hydrogens (primary N) is 1. The second-order valence-electron chi connectivity index (χ2n) is 5.07. The lowest BCUT2D eigenvalue weighted by molar-refractivity contribution is -0.131. The van der Waals surface area contributed by atoms with E-state index < -0.39 is 5.97 Å². The molecule has 3 rings (SSSR count). The van der Waals surface area contributed by atoms with Gasteiger partial charge in [-0.1, -0.05) is 22.0 Å². The van der Waals surface area contributed by atoms with Crippen LogP contribution in [0.15, 0.2) is 71.1 Å². The zero-order valence-electron chi connectivity index (χ0n) is 14.0. The van der Waals surface area contributed by atoms with Crippen LogP contribution in [0.1, 0.15) is 6.92 Å². The van der Waals surface area contributed by atoms with Crippen LogP contribution in [0.5, 0.6) is 0 Å². The predicted molar refractivity (Wildman–Crippen MR) is 107 cm³/mol. The van der Waals surface area contributed by atoms with Crippen LogP contribution in [0.2, 0.25) is 0 Å². The number of fused-ring (bicyclic) bond motifs is 1. The molecule has 0 aliphatic rings. The minimum absolute atomic E-state index is 0.694. The summed E-state index contributed by atoms with van der Waals surface area (Å²) >= 11 is 3.44. The number of aromatic nitrogens is 2. The molecule has 0 fully saturated rings. The van der Waals surface area contributed by atoms with Gasteiger partial charge in [0, 0.05) is 21.2 Å². The summed E-state index contributed by atoms with van der Waals surface area (Å²) in [5.74, 6) is -0.214. The first-order valence-corrected chi connectivity index (χ1v) is 8.41. The van der Waals surface area contributed by atoms with E-state index in [0.717, 1.165) is 33.0 Å². The van der Waals surface area contributed by atoms with Crippen LogP contribution >= 0.6 is 15.9 Å². The van der Waals surface area contributed by atoms with E-state index in [1.165, 1.54) is 6.08 Å². The zero-order chi connectivity index (χ0) is 18.9. The first-order chi connectivity index (χ1) is 12.5. The van der Waals surface area contributed by atoms with Crippen LogP contribution in [-0.4, -0.2) is 21.0 Å². The number of benzene rings is 2. The van der Waals surface area contributed by atoms with Gasteiger partial charge in [-0.3, -0.25) is 0 Å². The molecule has 0 aliphatic heterocycles. The molecule has 0 bridgehead atoms. The molecule has 1 aromatic heterocycles. The summed E-state index contributed by atoms with van der Waals surface area (Å²) in [5.41, 5.74) is 10.7. The van der Waals surface area contributed by atoms with E-state index in [4.69, 9.17) is 10.8 Å². The van der Waals surface area contributed by atoms with Crippen molar-refractivity contribution >= 4 is 50.0 Å². The van der Waals surface area contributed by atoms with Crippen molar-refractivity contribution < 1.29 is 9.90 Å². The number of anilines is 3. The third-order valence-electron chi connectivity index (χ3n) is 3.12. The smallest absolute Gasteiger partial charge is 0.336 e. The maximum absolute atomic E-state index is 9.62. The fourth-order valence-corrected chi connectivity index (χ4v) is 2.43. The molecule has 132 valence electrons. The molecule has 0 atom stereocenters. The lowest BCUT2D eigenvalue weighted by atomic mass is 10.2. The van der Waals surface area contributed by atoms with E-state index in [-0.39, 0.29) is 0 Å². The fourth-order valence-electron chi connectivity index (χ4n) is 2.03. The number of hydrogen-bond acceptors (Lipinski definition) is 5. The third-order valence-corrected chi connectivity index (χ3v) is 3.61. The van der Waals surface area contributed by atoms with Gasteiger partial charge in [0.1, 0.15) is 12.1 Å². The number of carboxylic acids is 1. The standard InChI is InChI=1S/C14H11BrN4.C5H6O2/c15-9-2-1-3-11(6-9)19-14-12-7-10(16)4-5-13(12)17-8-18-14;1-2-3-4-5(6)7/h1-8H,16H2,(H,17,18,19);2,4H,1H3,(H,6,7). The Kier molecular flexibility index (Phi) is 6.91. The van der Waals surface area contributed by atoms with Gasteiger partial charge in [-0.15, -0.1) is 5.73 Å². The van der Waals surface area contributed by atoms with Crippen LogP contribution < -0.4 is 11.1 Å². The van der Waals surface area contributed by atoms with Crippen molar-refractivity contribution in [3.8, 4) is 0 Å². The number of carbonyl (C=O) groups is 1. The molecular formula is C19H17BrN4O2. The highest BCUT2D eigenvalue weighted by molar-refractivity contribution is 9.10. The summed E-state index contributed by atoms with van der Waals surface area (Å²) in [4.78, 5) is 18.1. The van der Waals surface area contributed by atoms with Crippen LogP contribution in [0.3, 0.4) is 0 Å². The second kappa shape index (κ2) is 9.36. The lowest BCUT2D eigenvalue weighted by Crippen LogP contribution is -1.96. The van der Waals surface area contributed by atoms with Gasteiger partial charge in [-0.2, -0.15) is 0 Å². The highest BCUT2D eigenvalue weighted by Crippen LogP contribution is 2.25. The Hall–Kier alpha value is -3.15. The van der Waals surface area contributed by atoms with Crippen molar-refractivity contribution in [2.75, 3.05) is 11.1 Å². The maximum Gasteiger partial charge on any atom is 0.336 e. The number of carboxylic acid groups (broad SMARTS) is 1. The Labute approximate surface area is 159 Å². The van der Waals surface area contributed by atoms with Gasteiger partial charge >= 0.3 is 5.97 Å². The molecule has 0 saturated heterocycles. The monoisotopic (exact) mass is 412 g/mol. The Morgan fingerprint density at radius 2 is 2.08 bits per heavy atom. The van der Waals surface area contributed by atoms with Crippen LogP contribution in [0, 0.1) is 0 Å². The molecule has 1 heterocycles. The van der Waals surface area contributed by atoms with Gasteiger partial charge in [0.15, 0.2) is 0 Å². The number of halogens is 1. The van der Waals surface area contributed by atoms with E-state index in [1.807, 2.05) is 42.5 Å². The molecule has 4 N–H and O–H groups in total. The van der Waals surface area contributed by atoms with Gasteiger partial charge in [0.05, 0.1) is 11.6 Å². The molecular weight excluding hydrogens is 396 g/mol. The lowest BCUT2D eigenvalue weighted by Gasteiger charge is -2.09. The van der Waals surface area contributed by atoms with Crippen molar-refractivity contribution in [1.82, 2.24) is 9.97 Å². The third kappa shape index (κ3) is 5.73. The van der Waals surface area contributed by atoms with Gasteiger partial charge in [0.25, 0.3) is 0 Å². The van der Waals surface area contributed by atoms with Crippen molar-refractivity contribution in [2.24, 2.45) is 0 Å². The molecule has 0 saturated carbocycles. The molecule has 0 amide bonds. The topological polar surface area (TPSA) is 101 Å². The number of nitrogens with zero attached hydrogens (tertiary/aromatic N) is 2. The fraction of sp³-hybridized carbons (Fsp3) is 0.0526. The Morgan fingerprint density at radius 1 is 1.27 bits per heavy atom. The molecule has 6 nitrogen and oxygen atoms in total.